The van der Waals surface area contributed by atoms with Crippen LogP contribution in [0.25, 0.3) is 0 Å². The highest BCUT2D eigenvalue weighted by Gasteiger charge is 2.20. The molecular formula is C19H31ClIN5O2. The van der Waals surface area contributed by atoms with Crippen molar-refractivity contribution in [3.63, 3.8) is 0 Å². The van der Waals surface area contributed by atoms with E-state index in [0.717, 1.165) is 44.2 Å². The van der Waals surface area contributed by atoms with Crippen LogP contribution in [-0.2, 0) is 4.79 Å². The number of piperidine rings is 1. The topological polar surface area (TPSA) is 92.0 Å². The largest absolute Gasteiger partial charge is 0.489 e. The van der Waals surface area contributed by atoms with Gasteiger partial charge in [-0.3, -0.25) is 9.69 Å². The van der Waals surface area contributed by atoms with Crippen molar-refractivity contribution in [1.82, 2.24) is 15.5 Å². The van der Waals surface area contributed by atoms with Gasteiger partial charge in [-0.25, -0.2) is 4.99 Å². The number of hydrogen-bond acceptors (Lipinski definition) is 4. The van der Waals surface area contributed by atoms with Gasteiger partial charge < -0.3 is 21.1 Å². The Bertz CT molecular complexity index is 639. The molecule has 1 fully saturated rings. The number of nitrogens with one attached hydrogen (secondary N) is 2. The molecule has 2 rings (SSSR count). The van der Waals surface area contributed by atoms with Crippen molar-refractivity contribution in [3.05, 3.63) is 29.3 Å². The number of aliphatic imine (C=N–C) groups is 1. The summed E-state index contributed by atoms with van der Waals surface area (Å²) in [5.41, 5.74) is 5.27. The van der Waals surface area contributed by atoms with E-state index in [0.29, 0.717) is 24.2 Å². The molecular weight excluding hydrogens is 493 g/mol. The number of nitrogens with zero attached hydrogens (tertiary/aromatic N) is 2. The smallest absolute Gasteiger partial charge is 0.231 e. The molecule has 1 unspecified atom stereocenters. The lowest BCUT2D eigenvalue weighted by Crippen LogP contribution is -2.50. The van der Waals surface area contributed by atoms with E-state index in [1.54, 1.807) is 6.07 Å². The Morgan fingerprint density at radius 1 is 1.43 bits per heavy atom. The fraction of sp³-hybridized carbons (Fsp3) is 0.579. The van der Waals surface area contributed by atoms with Gasteiger partial charge in [0.2, 0.25) is 5.91 Å². The molecule has 0 saturated carbocycles. The lowest BCUT2D eigenvalue weighted by molar-refractivity contribution is -0.119. The molecule has 1 aromatic rings. The lowest BCUT2D eigenvalue weighted by atomic mass is 10.1. The van der Waals surface area contributed by atoms with Crippen LogP contribution in [0.5, 0.6) is 5.75 Å². The van der Waals surface area contributed by atoms with Gasteiger partial charge in [-0.15, -0.1) is 24.0 Å². The molecule has 0 spiro atoms. The van der Waals surface area contributed by atoms with Crippen LogP contribution in [0.3, 0.4) is 0 Å². The highest BCUT2D eigenvalue weighted by atomic mass is 127. The van der Waals surface area contributed by atoms with E-state index in [2.05, 4.69) is 20.5 Å². The Balaban J connectivity index is 0.00000392. The molecule has 158 valence electrons. The van der Waals surface area contributed by atoms with Crippen molar-refractivity contribution in [2.75, 3.05) is 32.7 Å². The number of halogens is 2. The molecule has 0 radical (unpaired) electrons. The number of guanidine groups is 1. The van der Waals surface area contributed by atoms with Gasteiger partial charge in [0.25, 0.3) is 0 Å². The molecule has 1 heterocycles. The van der Waals surface area contributed by atoms with Crippen molar-refractivity contribution in [2.45, 2.75) is 38.8 Å². The fourth-order valence-electron chi connectivity index (χ4n) is 3.00. The summed E-state index contributed by atoms with van der Waals surface area (Å²) in [5.74, 6) is 1.25. The Morgan fingerprint density at radius 2 is 2.14 bits per heavy atom. The molecule has 1 aliphatic heterocycles. The average Bonchev–Trinajstić information content (AvgIpc) is 2.61. The Kier molecular flexibility index (Phi) is 11.6. The standard InChI is InChI=1S/C19H30ClN5O2.HI/c1-3-22-19(24-16-7-9-25(10-8-16)13-18(21)26)23-12-14(2)27-17-6-4-5-15(20)11-17;/h4-6,11,14,16H,3,7-10,12-13H2,1-2H3,(H2,21,26)(H2,22,23,24);1H. The summed E-state index contributed by atoms with van der Waals surface area (Å²) >= 11 is 5.99. The van der Waals surface area contributed by atoms with E-state index >= 15 is 0 Å². The number of likely N-dealkylation sites (tertiary alicyclic amines) is 1. The molecule has 4 N–H and O–H groups in total. The quantitative estimate of drug-likeness (QED) is 0.276. The highest BCUT2D eigenvalue weighted by Crippen LogP contribution is 2.18. The van der Waals surface area contributed by atoms with Gasteiger partial charge in [0.1, 0.15) is 11.9 Å². The maximum Gasteiger partial charge on any atom is 0.231 e. The fourth-order valence-corrected chi connectivity index (χ4v) is 3.18. The van der Waals surface area contributed by atoms with Gasteiger partial charge in [0.15, 0.2) is 5.96 Å². The van der Waals surface area contributed by atoms with Crippen molar-refractivity contribution >= 4 is 47.4 Å². The van der Waals surface area contributed by atoms with Crippen LogP contribution < -0.4 is 21.1 Å². The van der Waals surface area contributed by atoms with E-state index < -0.39 is 0 Å². The van der Waals surface area contributed by atoms with Crippen molar-refractivity contribution in [2.24, 2.45) is 10.7 Å². The van der Waals surface area contributed by atoms with Gasteiger partial charge in [-0.05, 0) is 44.9 Å². The molecule has 0 bridgehead atoms. The summed E-state index contributed by atoms with van der Waals surface area (Å²) in [7, 11) is 0. The molecule has 1 aliphatic rings. The van der Waals surface area contributed by atoms with Gasteiger partial charge in [0.05, 0.1) is 13.1 Å². The second-order valence-electron chi connectivity index (χ2n) is 6.77. The van der Waals surface area contributed by atoms with Gasteiger partial charge in [-0.1, -0.05) is 17.7 Å². The van der Waals surface area contributed by atoms with Crippen LogP contribution in [0.15, 0.2) is 29.3 Å². The number of carbonyl (C=O) groups is 1. The Labute approximate surface area is 189 Å². The number of rotatable bonds is 8. The zero-order valence-electron chi connectivity index (χ0n) is 16.5. The van der Waals surface area contributed by atoms with Crippen LogP contribution in [0.2, 0.25) is 5.02 Å². The van der Waals surface area contributed by atoms with Crippen LogP contribution in [0, 0.1) is 0 Å². The third kappa shape index (κ3) is 9.29. The number of ether oxygens (including phenoxy) is 1. The van der Waals surface area contributed by atoms with Crippen LogP contribution >= 0.6 is 35.6 Å². The van der Waals surface area contributed by atoms with Crippen LogP contribution in [-0.4, -0.2) is 61.6 Å². The van der Waals surface area contributed by atoms with Gasteiger partial charge >= 0.3 is 0 Å². The predicted octanol–water partition coefficient (Wildman–Crippen LogP) is 2.23. The zero-order valence-corrected chi connectivity index (χ0v) is 19.6. The van der Waals surface area contributed by atoms with E-state index in [4.69, 9.17) is 22.1 Å². The van der Waals surface area contributed by atoms with Crippen molar-refractivity contribution < 1.29 is 9.53 Å². The third-order valence-electron chi connectivity index (χ3n) is 4.29. The first-order valence-corrected chi connectivity index (χ1v) is 9.81. The average molecular weight is 524 g/mol. The van der Waals surface area contributed by atoms with Gasteiger partial charge in [0, 0.05) is 30.7 Å². The lowest BCUT2D eigenvalue weighted by Gasteiger charge is -2.32. The SMILES string of the molecule is CCNC(=NCC(C)Oc1cccc(Cl)c1)NC1CCN(CC(N)=O)CC1.I. The van der Waals surface area contributed by atoms with E-state index in [1.165, 1.54) is 0 Å². The third-order valence-corrected chi connectivity index (χ3v) is 4.53. The number of amides is 1. The summed E-state index contributed by atoms with van der Waals surface area (Å²) < 4.78 is 5.87. The number of hydrogen-bond donors (Lipinski definition) is 3. The summed E-state index contributed by atoms with van der Waals surface area (Å²) in [5, 5.41) is 7.41. The molecule has 0 aliphatic carbocycles. The van der Waals surface area contributed by atoms with Crippen molar-refractivity contribution in [3.8, 4) is 5.75 Å². The minimum atomic E-state index is -0.273. The van der Waals surface area contributed by atoms with Crippen LogP contribution in [0.1, 0.15) is 26.7 Å². The first kappa shape index (κ1) is 24.8. The normalized spacial score (nSPS) is 16.8. The van der Waals surface area contributed by atoms with Crippen LogP contribution in [0.4, 0.5) is 0 Å². The number of benzene rings is 1. The Morgan fingerprint density at radius 3 is 2.75 bits per heavy atom. The zero-order chi connectivity index (χ0) is 19.6. The summed E-state index contributed by atoms with van der Waals surface area (Å²) in [4.78, 5) is 17.8. The molecule has 9 heteroatoms. The second-order valence-corrected chi connectivity index (χ2v) is 7.20. The van der Waals surface area contributed by atoms with E-state index in [1.807, 2.05) is 32.0 Å². The molecule has 1 aromatic carbocycles. The first-order valence-electron chi connectivity index (χ1n) is 9.44. The minimum absolute atomic E-state index is 0. The molecule has 7 nitrogen and oxygen atoms in total. The number of carbonyl (C=O) groups excluding carboxylic acids is 1. The minimum Gasteiger partial charge on any atom is -0.489 e. The Hall–Kier alpha value is -1.26. The molecule has 1 atom stereocenters. The number of primary amides is 1. The van der Waals surface area contributed by atoms with E-state index in [-0.39, 0.29) is 36.0 Å². The monoisotopic (exact) mass is 523 g/mol. The predicted molar refractivity (Wildman–Crippen MR) is 125 cm³/mol. The maximum absolute atomic E-state index is 11.0. The summed E-state index contributed by atoms with van der Waals surface area (Å²) in [6, 6.07) is 7.69. The second kappa shape index (κ2) is 13.1. The molecule has 28 heavy (non-hydrogen) atoms. The van der Waals surface area contributed by atoms with E-state index in [9.17, 15) is 4.79 Å². The summed E-state index contributed by atoms with van der Waals surface area (Å²) in [6.45, 7) is 7.38. The first-order chi connectivity index (χ1) is 13.0. The highest BCUT2D eigenvalue weighted by molar-refractivity contribution is 14.0. The molecule has 0 aromatic heterocycles. The molecule has 1 amide bonds. The summed E-state index contributed by atoms with van der Waals surface area (Å²) in [6.07, 6.45) is 1.83. The maximum atomic E-state index is 11.0. The van der Waals surface area contributed by atoms with Gasteiger partial charge in [-0.2, -0.15) is 0 Å². The molecule has 1 saturated heterocycles. The number of nitrogens with two attached hydrogens (primary N) is 1. The van der Waals surface area contributed by atoms with Crippen molar-refractivity contribution in [1.29, 1.82) is 0 Å².